The van der Waals surface area contributed by atoms with Crippen molar-refractivity contribution in [3.8, 4) is 11.3 Å². The lowest BCUT2D eigenvalue weighted by Gasteiger charge is -2.04. The molecule has 1 heterocycles. The second-order valence-corrected chi connectivity index (χ2v) is 4.38. The van der Waals surface area contributed by atoms with Crippen LogP contribution in [0.2, 0.25) is 0 Å². The van der Waals surface area contributed by atoms with E-state index in [1.165, 1.54) is 11.1 Å². The number of nitrogens with zero attached hydrogens (tertiary/aromatic N) is 1. The molecule has 1 aromatic heterocycles. The molecule has 17 heavy (non-hydrogen) atoms. The van der Waals surface area contributed by atoms with E-state index < -0.39 is 0 Å². The maximum Gasteiger partial charge on any atom is 0.196 e. The van der Waals surface area contributed by atoms with Gasteiger partial charge in [-0.1, -0.05) is 17.7 Å². The lowest BCUT2D eigenvalue weighted by atomic mass is 10.0. The molecule has 0 aliphatic rings. The molecule has 0 fully saturated rings. The van der Waals surface area contributed by atoms with Crippen molar-refractivity contribution in [3.63, 3.8) is 0 Å². The van der Waals surface area contributed by atoms with Gasteiger partial charge in [-0.3, -0.25) is 0 Å². The van der Waals surface area contributed by atoms with Gasteiger partial charge in [-0.15, -0.1) is 0 Å². The van der Waals surface area contributed by atoms with Crippen molar-refractivity contribution in [1.82, 2.24) is 4.98 Å². The maximum absolute atomic E-state index is 5.79. The van der Waals surface area contributed by atoms with Gasteiger partial charge < -0.3 is 10.2 Å². The van der Waals surface area contributed by atoms with Crippen molar-refractivity contribution in [2.45, 2.75) is 27.2 Å². The topological polar surface area (TPSA) is 52.0 Å². The van der Waals surface area contributed by atoms with Crippen LogP contribution in [0, 0.1) is 20.8 Å². The quantitative estimate of drug-likeness (QED) is 0.882. The first-order valence-corrected chi connectivity index (χ1v) is 5.86. The zero-order chi connectivity index (χ0) is 12.4. The van der Waals surface area contributed by atoms with Crippen molar-refractivity contribution in [1.29, 1.82) is 0 Å². The largest absolute Gasteiger partial charge is 0.440 e. The fourth-order valence-corrected chi connectivity index (χ4v) is 1.91. The summed E-state index contributed by atoms with van der Waals surface area (Å²) < 4.78 is 5.79. The van der Waals surface area contributed by atoms with E-state index in [0.717, 1.165) is 22.9 Å². The average Bonchev–Trinajstić information content (AvgIpc) is 2.64. The van der Waals surface area contributed by atoms with E-state index >= 15 is 0 Å². The van der Waals surface area contributed by atoms with Gasteiger partial charge in [0.1, 0.15) is 0 Å². The van der Waals surface area contributed by atoms with Crippen LogP contribution in [-0.2, 0) is 6.42 Å². The molecule has 0 aliphatic heterocycles. The van der Waals surface area contributed by atoms with Crippen LogP contribution < -0.4 is 5.73 Å². The summed E-state index contributed by atoms with van der Waals surface area (Å²) in [5, 5.41) is 0. The van der Waals surface area contributed by atoms with E-state index in [2.05, 4.69) is 37.0 Å². The number of nitrogens with two attached hydrogens (primary N) is 1. The predicted molar refractivity (Wildman–Crippen MR) is 68.9 cm³/mol. The monoisotopic (exact) mass is 230 g/mol. The Morgan fingerprint density at radius 1 is 1.24 bits per heavy atom. The van der Waals surface area contributed by atoms with Crippen LogP contribution in [0.5, 0.6) is 0 Å². The smallest absolute Gasteiger partial charge is 0.196 e. The molecule has 0 atom stereocenters. The van der Waals surface area contributed by atoms with Crippen molar-refractivity contribution in [2.75, 3.05) is 6.54 Å². The van der Waals surface area contributed by atoms with Gasteiger partial charge in [0.25, 0.3) is 0 Å². The number of hydrogen-bond acceptors (Lipinski definition) is 3. The molecule has 0 saturated heterocycles. The van der Waals surface area contributed by atoms with Crippen LogP contribution in [-0.4, -0.2) is 11.5 Å². The van der Waals surface area contributed by atoms with Crippen LogP contribution >= 0.6 is 0 Å². The molecular weight excluding hydrogens is 212 g/mol. The lowest BCUT2D eigenvalue weighted by Crippen LogP contribution is -2.02. The lowest BCUT2D eigenvalue weighted by molar-refractivity contribution is 0.507. The number of benzene rings is 1. The molecule has 1 aromatic carbocycles. The fourth-order valence-electron chi connectivity index (χ4n) is 1.91. The highest BCUT2D eigenvalue weighted by Crippen LogP contribution is 2.28. The van der Waals surface area contributed by atoms with E-state index in [4.69, 9.17) is 10.2 Å². The molecule has 0 bridgehead atoms. The van der Waals surface area contributed by atoms with Crippen LogP contribution in [0.4, 0.5) is 0 Å². The number of rotatable bonds is 3. The first-order valence-electron chi connectivity index (χ1n) is 5.86. The highest BCUT2D eigenvalue weighted by Gasteiger charge is 2.13. The molecule has 0 spiro atoms. The zero-order valence-electron chi connectivity index (χ0n) is 10.6. The highest BCUT2D eigenvalue weighted by atomic mass is 16.4. The summed E-state index contributed by atoms with van der Waals surface area (Å²) in [7, 11) is 0. The summed E-state index contributed by atoms with van der Waals surface area (Å²) in [6, 6.07) is 6.34. The Labute approximate surface area is 102 Å². The Kier molecular flexibility index (Phi) is 3.29. The Balaban J connectivity index is 2.48. The summed E-state index contributed by atoms with van der Waals surface area (Å²) in [6.45, 7) is 6.70. The van der Waals surface area contributed by atoms with Crippen molar-refractivity contribution < 1.29 is 4.42 Å². The number of aryl methyl sites for hydroxylation is 3. The van der Waals surface area contributed by atoms with E-state index in [1.807, 2.05) is 6.92 Å². The van der Waals surface area contributed by atoms with Gasteiger partial charge in [0.05, 0.1) is 5.69 Å². The van der Waals surface area contributed by atoms with Crippen molar-refractivity contribution >= 4 is 0 Å². The standard InChI is InChI=1S/C14H18N2O/c1-9-4-5-10(2)12(8-9)14-11(3)16-13(17-14)6-7-15/h4-5,8H,6-7,15H2,1-3H3. The summed E-state index contributed by atoms with van der Waals surface area (Å²) in [4.78, 5) is 4.40. The SMILES string of the molecule is Cc1ccc(C)c(-c2oc(CCN)nc2C)c1. The molecule has 0 unspecified atom stereocenters. The van der Waals surface area contributed by atoms with E-state index in [9.17, 15) is 0 Å². The van der Waals surface area contributed by atoms with Crippen LogP contribution in [0.1, 0.15) is 22.7 Å². The summed E-state index contributed by atoms with van der Waals surface area (Å²) in [5.41, 5.74) is 10.00. The molecule has 0 aliphatic carbocycles. The van der Waals surface area contributed by atoms with E-state index in [1.54, 1.807) is 0 Å². The normalized spacial score (nSPS) is 10.8. The number of aromatic nitrogens is 1. The summed E-state index contributed by atoms with van der Waals surface area (Å²) >= 11 is 0. The maximum atomic E-state index is 5.79. The van der Waals surface area contributed by atoms with Crippen LogP contribution in [0.3, 0.4) is 0 Å². The fraction of sp³-hybridized carbons (Fsp3) is 0.357. The molecule has 2 N–H and O–H groups in total. The molecule has 0 radical (unpaired) electrons. The Hall–Kier alpha value is -1.61. The number of oxazole rings is 1. The zero-order valence-corrected chi connectivity index (χ0v) is 10.6. The molecule has 3 heteroatoms. The molecule has 90 valence electrons. The molecule has 0 amide bonds. The molecule has 2 rings (SSSR count). The van der Waals surface area contributed by atoms with Gasteiger partial charge in [0.15, 0.2) is 11.7 Å². The third kappa shape index (κ3) is 2.39. The first kappa shape index (κ1) is 11.9. The second kappa shape index (κ2) is 4.72. The van der Waals surface area contributed by atoms with Crippen LogP contribution in [0.15, 0.2) is 22.6 Å². The van der Waals surface area contributed by atoms with Crippen LogP contribution in [0.25, 0.3) is 11.3 Å². The minimum absolute atomic E-state index is 0.562. The van der Waals surface area contributed by atoms with Gasteiger partial charge in [-0.05, 0) is 32.4 Å². The third-order valence-corrected chi connectivity index (χ3v) is 2.84. The Morgan fingerprint density at radius 3 is 2.71 bits per heavy atom. The molecule has 0 saturated carbocycles. The summed E-state index contributed by atoms with van der Waals surface area (Å²) in [5.74, 6) is 1.59. The Bertz CT molecular complexity index is 529. The average molecular weight is 230 g/mol. The minimum Gasteiger partial charge on any atom is -0.440 e. The third-order valence-electron chi connectivity index (χ3n) is 2.84. The molecular formula is C14H18N2O. The molecule has 3 nitrogen and oxygen atoms in total. The van der Waals surface area contributed by atoms with Gasteiger partial charge in [0.2, 0.25) is 0 Å². The van der Waals surface area contributed by atoms with E-state index in [-0.39, 0.29) is 0 Å². The van der Waals surface area contributed by atoms with E-state index in [0.29, 0.717) is 13.0 Å². The van der Waals surface area contributed by atoms with Gasteiger partial charge in [0, 0.05) is 18.5 Å². The summed E-state index contributed by atoms with van der Waals surface area (Å²) in [6.07, 6.45) is 0.686. The van der Waals surface area contributed by atoms with Crippen molar-refractivity contribution in [2.24, 2.45) is 5.73 Å². The van der Waals surface area contributed by atoms with Gasteiger partial charge >= 0.3 is 0 Å². The predicted octanol–water partition coefficient (Wildman–Crippen LogP) is 2.77. The van der Waals surface area contributed by atoms with Gasteiger partial charge in [-0.25, -0.2) is 4.98 Å². The highest BCUT2D eigenvalue weighted by molar-refractivity contribution is 5.64. The Morgan fingerprint density at radius 2 is 2.00 bits per heavy atom. The molecule has 2 aromatic rings. The number of hydrogen-bond donors (Lipinski definition) is 1. The second-order valence-electron chi connectivity index (χ2n) is 4.38. The first-order chi connectivity index (χ1) is 8.11. The minimum atomic E-state index is 0.562. The van der Waals surface area contributed by atoms with Crippen molar-refractivity contribution in [3.05, 3.63) is 40.9 Å². The van der Waals surface area contributed by atoms with Gasteiger partial charge in [-0.2, -0.15) is 0 Å².